The van der Waals surface area contributed by atoms with Crippen molar-refractivity contribution in [1.29, 1.82) is 0 Å². The lowest BCUT2D eigenvalue weighted by molar-refractivity contribution is -0.124. The predicted octanol–water partition coefficient (Wildman–Crippen LogP) is -1.34. The van der Waals surface area contributed by atoms with E-state index in [9.17, 15) is 18.0 Å². The van der Waals surface area contributed by atoms with Crippen LogP contribution in [0.15, 0.2) is 11.2 Å². The summed E-state index contributed by atoms with van der Waals surface area (Å²) in [5, 5.41) is 16.3. The summed E-state index contributed by atoms with van der Waals surface area (Å²) in [6.07, 6.45) is 1.91. The van der Waals surface area contributed by atoms with E-state index in [-0.39, 0.29) is 0 Å². The van der Waals surface area contributed by atoms with Gasteiger partial charge in [-0.3, -0.25) is 9.89 Å². The van der Waals surface area contributed by atoms with Crippen molar-refractivity contribution in [3.05, 3.63) is 11.8 Å². The summed E-state index contributed by atoms with van der Waals surface area (Å²) >= 11 is 0. The van der Waals surface area contributed by atoms with E-state index in [4.69, 9.17) is 5.11 Å². The fourth-order valence-corrected chi connectivity index (χ4v) is 3.08. The molecule has 19 heavy (non-hydrogen) atoms. The number of hydrogen-bond acceptors (Lipinski definition) is 5. The number of rotatable bonds is 4. The average Bonchev–Trinajstić information content (AvgIpc) is 2.82. The van der Waals surface area contributed by atoms with E-state index < -0.39 is 38.5 Å². The predicted molar refractivity (Wildman–Crippen MR) is 61.9 cm³/mol. The average molecular weight is 288 g/mol. The van der Waals surface area contributed by atoms with E-state index in [1.807, 2.05) is 0 Å². The molecule has 1 aromatic rings. The summed E-state index contributed by atoms with van der Waals surface area (Å²) in [4.78, 5) is 22.3. The lowest BCUT2D eigenvalue weighted by Crippen LogP contribution is -2.50. The molecule has 0 radical (unpaired) electrons. The third-order valence-electron chi connectivity index (χ3n) is 2.69. The Morgan fingerprint density at radius 1 is 1.53 bits per heavy atom. The molecule has 0 aliphatic carbocycles. The second-order valence-corrected chi connectivity index (χ2v) is 5.68. The summed E-state index contributed by atoms with van der Waals surface area (Å²) in [5.41, 5.74) is -0.469. The second kappa shape index (κ2) is 4.97. The molecule has 1 saturated heterocycles. The van der Waals surface area contributed by atoms with Gasteiger partial charge in [-0.25, -0.2) is 13.2 Å². The maximum absolute atomic E-state index is 12.0. The smallest absolute Gasteiger partial charge is 0.340 e. The van der Waals surface area contributed by atoms with Crippen LogP contribution in [0, 0.1) is 0 Å². The van der Waals surface area contributed by atoms with Crippen LogP contribution in [0.25, 0.3) is 0 Å². The van der Waals surface area contributed by atoms with E-state index in [0.717, 1.165) is 6.20 Å². The molecule has 1 aromatic heterocycles. The van der Waals surface area contributed by atoms with Crippen LogP contribution in [0.5, 0.6) is 0 Å². The Bertz CT molecular complexity index is 608. The first kappa shape index (κ1) is 13.5. The lowest BCUT2D eigenvalue weighted by Gasteiger charge is -2.22. The van der Waals surface area contributed by atoms with Crippen LogP contribution < -0.4 is 10.0 Å². The van der Waals surface area contributed by atoms with Gasteiger partial charge in [-0.1, -0.05) is 0 Å². The molecule has 2 heterocycles. The Hall–Kier alpha value is -1.94. The number of carboxylic acids is 1. The van der Waals surface area contributed by atoms with Gasteiger partial charge in [-0.05, 0) is 12.8 Å². The normalized spacial score (nSPS) is 20.0. The van der Waals surface area contributed by atoms with Crippen molar-refractivity contribution in [2.45, 2.75) is 23.9 Å². The summed E-state index contributed by atoms with van der Waals surface area (Å²) in [6, 6.07) is -0.899. The van der Waals surface area contributed by atoms with Crippen LogP contribution in [-0.2, 0) is 14.8 Å². The molecule has 10 heteroatoms. The molecular weight excluding hydrogens is 276 g/mol. The van der Waals surface area contributed by atoms with Crippen molar-refractivity contribution < 1.29 is 23.1 Å². The molecule has 1 fully saturated rings. The van der Waals surface area contributed by atoms with Gasteiger partial charge in [0.25, 0.3) is 10.0 Å². The monoisotopic (exact) mass is 288 g/mol. The van der Waals surface area contributed by atoms with E-state index in [1.165, 1.54) is 0 Å². The van der Waals surface area contributed by atoms with E-state index in [2.05, 4.69) is 20.2 Å². The highest BCUT2D eigenvalue weighted by Crippen LogP contribution is 2.14. The fourth-order valence-electron chi connectivity index (χ4n) is 1.76. The maximum Gasteiger partial charge on any atom is 0.340 e. The highest BCUT2D eigenvalue weighted by atomic mass is 32.2. The van der Waals surface area contributed by atoms with Gasteiger partial charge in [0.2, 0.25) is 5.91 Å². The van der Waals surface area contributed by atoms with Gasteiger partial charge in [-0.15, -0.1) is 0 Å². The van der Waals surface area contributed by atoms with Gasteiger partial charge in [0, 0.05) is 6.54 Å². The van der Waals surface area contributed by atoms with E-state index in [1.54, 1.807) is 0 Å². The van der Waals surface area contributed by atoms with Gasteiger partial charge in [0.15, 0.2) is 5.03 Å². The number of H-pyrrole nitrogens is 1. The van der Waals surface area contributed by atoms with Crippen LogP contribution in [0.4, 0.5) is 0 Å². The standard InChI is InChI=1S/C9H12N4O5S/c14-7-6(2-1-3-10-7)13-19(17,18)8-5(9(15)16)4-11-12-8/h4,6,13H,1-3H2,(H,10,14)(H,11,12)(H,15,16). The van der Waals surface area contributed by atoms with Crippen LogP contribution in [0.3, 0.4) is 0 Å². The minimum Gasteiger partial charge on any atom is -0.478 e. The first-order valence-corrected chi connectivity index (χ1v) is 6.97. The third kappa shape index (κ3) is 2.74. The summed E-state index contributed by atoms with van der Waals surface area (Å²) in [7, 11) is -4.13. The lowest BCUT2D eigenvalue weighted by atomic mass is 10.1. The highest BCUT2D eigenvalue weighted by molar-refractivity contribution is 7.89. The SMILES string of the molecule is O=C(O)c1cn[nH]c1S(=O)(=O)NC1CCCNC1=O. The van der Waals surface area contributed by atoms with E-state index >= 15 is 0 Å². The first-order valence-electron chi connectivity index (χ1n) is 5.48. The number of carbonyl (C=O) groups excluding carboxylic acids is 1. The van der Waals surface area contributed by atoms with Crippen LogP contribution >= 0.6 is 0 Å². The molecule has 0 bridgehead atoms. The molecule has 0 saturated carbocycles. The second-order valence-electron chi connectivity index (χ2n) is 4.03. The molecule has 1 aliphatic heterocycles. The fraction of sp³-hybridized carbons (Fsp3) is 0.444. The Morgan fingerprint density at radius 2 is 2.26 bits per heavy atom. The van der Waals surface area contributed by atoms with Crippen molar-refractivity contribution in [1.82, 2.24) is 20.2 Å². The van der Waals surface area contributed by atoms with Gasteiger partial charge >= 0.3 is 5.97 Å². The molecule has 104 valence electrons. The first-order chi connectivity index (χ1) is 8.92. The number of aromatic carboxylic acids is 1. The summed E-state index contributed by atoms with van der Waals surface area (Å²) in [6.45, 7) is 0.501. The molecule has 2 rings (SSSR count). The minimum atomic E-state index is -4.13. The number of aromatic amines is 1. The zero-order valence-electron chi connectivity index (χ0n) is 9.71. The van der Waals surface area contributed by atoms with Crippen molar-refractivity contribution in [3.8, 4) is 0 Å². The van der Waals surface area contributed by atoms with Crippen molar-refractivity contribution in [2.24, 2.45) is 0 Å². The number of hydrogen-bond donors (Lipinski definition) is 4. The third-order valence-corrected chi connectivity index (χ3v) is 4.13. The number of piperidine rings is 1. The summed E-state index contributed by atoms with van der Waals surface area (Å²) < 4.78 is 26.2. The Balaban J connectivity index is 2.25. The van der Waals surface area contributed by atoms with Gasteiger partial charge in [0.05, 0.1) is 6.20 Å². The van der Waals surface area contributed by atoms with Gasteiger partial charge in [0.1, 0.15) is 11.6 Å². The van der Waals surface area contributed by atoms with Crippen LogP contribution in [0.2, 0.25) is 0 Å². The quantitative estimate of drug-likeness (QED) is 0.540. The summed E-state index contributed by atoms with van der Waals surface area (Å²) in [5.74, 6) is -1.84. The van der Waals surface area contributed by atoms with Crippen molar-refractivity contribution in [2.75, 3.05) is 6.54 Å². The number of aromatic nitrogens is 2. The maximum atomic E-state index is 12.0. The molecular formula is C9H12N4O5S. The molecule has 1 amide bonds. The van der Waals surface area contributed by atoms with Crippen molar-refractivity contribution in [3.63, 3.8) is 0 Å². The highest BCUT2D eigenvalue weighted by Gasteiger charge is 2.31. The van der Waals surface area contributed by atoms with E-state index in [0.29, 0.717) is 19.4 Å². The van der Waals surface area contributed by atoms with Gasteiger partial charge < -0.3 is 10.4 Å². The number of carboxylic acid groups (broad SMARTS) is 1. The topological polar surface area (TPSA) is 141 Å². The Morgan fingerprint density at radius 3 is 2.89 bits per heavy atom. The van der Waals surface area contributed by atoms with Crippen LogP contribution in [0.1, 0.15) is 23.2 Å². The zero-order valence-corrected chi connectivity index (χ0v) is 10.5. The van der Waals surface area contributed by atoms with Crippen LogP contribution in [-0.4, -0.2) is 48.2 Å². The molecule has 1 unspecified atom stereocenters. The van der Waals surface area contributed by atoms with Gasteiger partial charge in [-0.2, -0.15) is 9.82 Å². The zero-order chi connectivity index (χ0) is 14.0. The Labute approximate surface area is 108 Å². The molecule has 0 spiro atoms. The molecule has 1 aliphatic rings. The number of amides is 1. The number of nitrogens with zero attached hydrogens (tertiary/aromatic N) is 1. The Kier molecular flexibility index (Phi) is 3.53. The largest absolute Gasteiger partial charge is 0.478 e. The molecule has 4 N–H and O–H groups in total. The molecule has 0 aromatic carbocycles. The number of sulfonamides is 1. The minimum absolute atomic E-state index is 0.363. The molecule has 9 nitrogen and oxygen atoms in total. The van der Waals surface area contributed by atoms with Crippen molar-refractivity contribution >= 4 is 21.9 Å². The molecule has 1 atom stereocenters. The number of carbonyl (C=O) groups is 2. The number of nitrogens with one attached hydrogen (secondary N) is 3.